The Morgan fingerprint density at radius 1 is 1.09 bits per heavy atom. The summed E-state index contributed by atoms with van der Waals surface area (Å²) in [4.78, 5) is 26.7. The van der Waals surface area contributed by atoms with Crippen LogP contribution in [-0.4, -0.2) is 44.3 Å². The highest BCUT2D eigenvalue weighted by Crippen LogP contribution is 2.30. The van der Waals surface area contributed by atoms with Gasteiger partial charge in [0.2, 0.25) is 0 Å². The van der Waals surface area contributed by atoms with Gasteiger partial charge in [-0.25, -0.2) is 9.07 Å². The third kappa shape index (κ3) is 5.93. The Labute approximate surface area is 260 Å². The van der Waals surface area contributed by atoms with Gasteiger partial charge in [-0.2, -0.15) is 14.9 Å². The van der Waals surface area contributed by atoms with E-state index in [4.69, 9.17) is 0 Å². The largest absolute Gasteiger partial charge is 0.392 e. The topological polar surface area (TPSA) is 126 Å². The SMILES string of the molecule is Cn1nc(-c2cccc(-n3ncc4cc(C(C)(C)C)cc(F)c4c3=O)c2CO)cc(NC2=CC=C(C3CCNCC3)CN2)c1=O. The van der Waals surface area contributed by atoms with Gasteiger partial charge in [-0.05, 0) is 78.7 Å². The zero-order valence-electron chi connectivity index (χ0n) is 25.9. The lowest BCUT2D eigenvalue weighted by molar-refractivity contribution is 0.281. The van der Waals surface area contributed by atoms with Gasteiger partial charge >= 0.3 is 0 Å². The number of aliphatic hydroxyl groups excluding tert-OH is 1. The lowest BCUT2D eigenvalue weighted by atomic mass is 9.86. The first kappa shape index (κ1) is 30.4. The molecule has 1 saturated heterocycles. The predicted octanol–water partition coefficient (Wildman–Crippen LogP) is 3.86. The molecule has 0 saturated carbocycles. The first-order valence-corrected chi connectivity index (χ1v) is 15.2. The van der Waals surface area contributed by atoms with Gasteiger partial charge in [0, 0.05) is 30.1 Å². The summed E-state index contributed by atoms with van der Waals surface area (Å²) in [6.45, 7) is 8.20. The van der Waals surface area contributed by atoms with Crippen molar-refractivity contribution in [2.24, 2.45) is 13.0 Å². The van der Waals surface area contributed by atoms with Crippen LogP contribution in [0.2, 0.25) is 0 Å². The monoisotopic (exact) mass is 611 g/mol. The standard InChI is InChI=1S/C34H38FN7O3/c1-34(2,3)23-14-22-18-38-42(33(45)31(22)26(35)15-23)29-7-5-6-24(25(29)19-43)27-16-28(32(44)41(4)40-27)39-30-9-8-21(17-37-30)20-10-12-36-13-11-20/h5-9,14-16,18,20,36-37,39,43H,10-13,17,19H2,1-4H3. The van der Waals surface area contributed by atoms with Crippen LogP contribution in [0.4, 0.5) is 10.1 Å². The van der Waals surface area contributed by atoms with E-state index >= 15 is 4.39 Å². The highest BCUT2D eigenvalue weighted by molar-refractivity contribution is 5.83. The molecule has 0 atom stereocenters. The first-order chi connectivity index (χ1) is 21.5. The minimum absolute atomic E-state index is 0.0790. The minimum Gasteiger partial charge on any atom is -0.392 e. The smallest absolute Gasteiger partial charge is 0.290 e. The molecule has 234 valence electrons. The van der Waals surface area contributed by atoms with Crippen molar-refractivity contribution < 1.29 is 9.50 Å². The van der Waals surface area contributed by atoms with Crippen LogP contribution in [0.3, 0.4) is 0 Å². The number of allylic oxidation sites excluding steroid dienone is 2. The number of dihydropyridines is 1. The summed E-state index contributed by atoms with van der Waals surface area (Å²) >= 11 is 0. The first-order valence-electron chi connectivity index (χ1n) is 15.2. The summed E-state index contributed by atoms with van der Waals surface area (Å²) in [5, 5.41) is 29.7. The molecule has 0 aliphatic carbocycles. The number of piperidine rings is 1. The van der Waals surface area contributed by atoms with Gasteiger partial charge < -0.3 is 21.1 Å². The van der Waals surface area contributed by atoms with Crippen molar-refractivity contribution in [3.63, 3.8) is 0 Å². The number of nitrogens with one attached hydrogen (secondary N) is 3. The van der Waals surface area contributed by atoms with Gasteiger partial charge in [0.05, 0.1) is 29.6 Å². The van der Waals surface area contributed by atoms with Crippen LogP contribution in [0.1, 0.15) is 44.7 Å². The van der Waals surface area contributed by atoms with Crippen LogP contribution in [-0.2, 0) is 19.1 Å². The highest BCUT2D eigenvalue weighted by atomic mass is 19.1. The number of hydrogen-bond acceptors (Lipinski definition) is 8. The molecule has 11 heteroatoms. The second-order valence-corrected chi connectivity index (χ2v) is 12.7. The molecule has 4 N–H and O–H groups in total. The molecule has 45 heavy (non-hydrogen) atoms. The summed E-state index contributed by atoms with van der Waals surface area (Å²) in [6, 6.07) is 9.89. The average molecular weight is 612 g/mol. The number of rotatable bonds is 6. The summed E-state index contributed by atoms with van der Waals surface area (Å²) in [7, 11) is 1.56. The van der Waals surface area contributed by atoms with Gasteiger partial charge in [-0.15, -0.1) is 0 Å². The Hall–Kier alpha value is -4.61. The fourth-order valence-electron chi connectivity index (χ4n) is 6.06. The molecular formula is C34H38FN7O3. The molecule has 2 aromatic heterocycles. The zero-order chi connectivity index (χ0) is 31.9. The van der Waals surface area contributed by atoms with Gasteiger partial charge in [-0.1, -0.05) is 39.0 Å². The van der Waals surface area contributed by atoms with E-state index < -0.39 is 18.0 Å². The molecule has 0 amide bonds. The van der Waals surface area contributed by atoms with Crippen molar-refractivity contribution in [2.45, 2.75) is 45.6 Å². The summed E-state index contributed by atoms with van der Waals surface area (Å²) in [5.41, 5.74) is 2.69. The average Bonchev–Trinajstić information content (AvgIpc) is 3.03. The number of fused-ring (bicyclic) bond motifs is 1. The van der Waals surface area contributed by atoms with E-state index in [0.29, 0.717) is 51.9 Å². The fourth-order valence-corrected chi connectivity index (χ4v) is 6.06. The Morgan fingerprint density at radius 2 is 1.87 bits per heavy atom. The maximum atomic E-state index is 15.3. The van der Waals surface area contributed by atoms with E-state index in [2.05, 4.69) is 32.2 Å². The zero-order valence-corrected chi connectivity index (χ0v) is 25.9. The predicted molar refractivity (Wildman–Crippen MR) is 174 cm³/mol. The third-order valence-electron chi connectivity index (χ3n) is 8.66. The number of aromatic nitrogens is 4. The molecule has 2 aliphatic rings. The normalized spacial score (nSPS) is 15.9. The Bertz CT molecular complexity index is 1960. The molecule has 2 aliphatic heterocycles. The summed E-state index contributed by atoms with van der Waals surface area (Å²) < 4.78 is 17.7. The molecule has 6 rings (SSSR count). The van der Waals surface area contributed by atoms with Crippen LogP contribution < -0.4 is 27.1 Å². The molecule has 0 bridgehead atoms. The molecule has 0 spiro atoms. The number of nitrogens with zero attached hydrogens (tertiary/aromatic N) is 4. The van der Waals surface area contributed by atoms with Gasteiger partial charge in [0.15, 0.2) is 0 Å². The lowest BCUT2D eigenvalue weighted by Crippen LogP contribution is -2.34. The number of hydrogen-bond donors (Lipinski definition) is 4. The number of halogens is 1. The molecular weight excluding hydrogens is 573 g/mol. The number of aryl methyl sites for hydroxylation is 1. The number of benzene rings is 2. The Balaban J connectivity index is 1.37. The van der Waals surface area contributed by atoms with E-state index in [0.717, 1.165) is 36.2 Å². The van der Waals surface area contributed by atoms with E-state index in [-0.39, 0.29) is 16.4 Å². The van der Waals surface area contributed by atoms with Crippen molar-refractivity contribution in [3.05, 3.63) is 104 Å². The Kier molecular flexibility index (Phi) is 8.15. The molecule has 2 aromatic carbocycles. The van der Waals surface area contributed by atoms with E-state index in [1.165, 1.54) is 22.5 Å². The quantitative estimate of drug-likeness (QED) is 0.259. The second kappa shape index (κ2) is 12.1. The second-order valence-electron chi connectivity index (χ2n) is 12.7. The lowest BCUT2D eigenvalue weighted by Gasteiger charge is -2.28. The van der Waals surface area contributed by atoms with Gasteiger partial charge in [0.25, 0.3) is 11.1 Å². The number of aliphatic hydroxyl groups is 1. The van der Waals surface area contributed by atoms with Crippen molar-refractivity contribution in [3.8, 4) is 16.9 Å². The molecule has 0 unspecified atom stereocenters. The van der Waals surface area contributed by atoms with Crippen LogP contribution in [0.5, 0.6) is 0 Å². The molecule has 4 heterocycles. The Morgan fingerprint density at radius 3 is 2.56 bits per heavy atom. The highest BCUT2D eigenvalue weighted by Gasteiger charge is 2.22. The van der Waals surface area contributed by atoms with Crippen LogP contribution in [0, 0.1) is 11.7 Å². The molecule has 10 nitrogen and oxygen atoms in total. The number of anilines is 1. The summed E-state index contributed by atoms with van der Waals surface area (Å²) in [6.07, 6.45) is 7.75. The van der Waals surface area contributed by atoms with Crippen molar-refractivity contribution in [1.29, 1.82) is 0 Å². The van der Waals surface area contributed by atoms with E-state index in [1.54, 1.807) is 37.4 Å². The maximum Gasteiger partial charge on any atom is 0.290 e. The van der Waals surface area contributed by atoms with Crippen molar-refractivity contribution >= 4 is 16.5 Å². The van der Waals surface area contributed by atoms with Crippen LogP contribution >= 0.6 is 0 Å². The minimum atomic E-state index is -0.639. The van der Waals surface area contributed by atoms with Crippen molar-refractivity contribution in [1.82, 2.24) is 30.2 Å². The molecule has 4 aromatic rings. The van der Waals surface area contributed by atoms with Crippen LogP contribution in [0.15, 0.2) is 75.7 Å². The van der Waals surface area contributed by atoms with Crippen LogP contribution in [0.25, 0.3) is 27.7 Å². The van der Waals surface area contributed by atoms with E-state index in [9.17, 15) is 14.7 Å². The van der Waals surface area contributed by atoms with Gasteiger partial charge in [-0.3, -0.25) is 9.59 Å². The molecule has 0 radical (unpaired) electrons. The molecule has 1 fully saturated rings. The fraction of sp³-hybridized carbons (Fsp3) is 0.353. The third-order valence-corrected chi connectivity index (χ3v) is 8.66. The maximum absolute atomic E-state index is 15.3. The van der Waals surface area contributed by atoms with Crippen molar-refractivity contribution in [2.75, 3.05) is 25.0 Å². The van der Waals surface area contributed by atoms with E-state index in [1.807, 2.05) is 26.8 Å². The van der Waals surface area contributed by atoms with Gasteiger partial charge in [0.1, 0.15) is 17.3 Å². The summed E-state index contributed by atoms with van der Waals surface area (Å²) in [5.74, 6) is 0.615.